The first-order chi connectivity index (χ1) is 13.6. The number of thiophene rings is 1. The summed E-state index contributed by atoms with van der Waals surface area (Å²) >= 11 is 1.12. The van der Waals surface area contributed by atoms with Gasteiger partial charge in [-0.15, -0.1) is 21.5 Å². The lowest BCUT2D eigenvalue weighted by atomic mass is 9.85. The summed E-state index contributed by atoms with van der Waals surface area (Å²) in [6.07, 6.45) is 3.32. The molecule has 1 aliphatic carbocycles. The Labute approximate surface area is 167 Å². The number of nitrogens with one attached hydrogen (secondary N) is 1. The zero-order valence-corrected chi connectivity index (χ0v) is 17.1. The topological polar surface area (TPSA) is 94.3 Å². The summed E-state index contributed by atoms with van der Waals surface area (Å²) in [5.41, 5.74) is 0.784. The van der Waals surface area contributed by atoms with Gasteiger partial charge in [-0.1, -0.05) is 24.6 Å². The molecule has 1 aliphatic rings. The molecule has 3 aromatic rings. The molecule has 0 amide bonds. The molecule has 1 fully saturated rings. The molecule has 148 valence electrons. The molecule has 2 heterocycles. The third-order valence-corrected chi connectivity index (χ3v) is 7.64. The van der Waals surface area contributed by atoms with Crippen molar-refractivity contribution in [2.24, 2.45) is 0 Å². The van der Waals surface area contributed by atoms with Crippen molar-refractivity contribution in [2.45, 2.75) is 42.9 Å². The molecule has 0 bridgehead atoms. The minimum atomic E-state index is -3.66. The molecule has 0 radical (unpaired) electrons. The highest BCUT2D eigenvalue weighted by molar-refractivity contribution is 7.91. The highest BCUT2D eigenvalue weighted by atomic mass is 32.2. The van der Waals surface area contributed by atoms with E-state index < -0.39 is 10.0 Å². The summed E-state index contributed by atoms with van der Waals surface area (Å²) in [6, 6.07) is 10.6. The number of hydrogen-bond acceptors (Lipinski definition) is 7. The van der Waals surface area contributed by atoms with E-state index in [4.69, 9.17) is 9.15 Å². The first kappa shape index (κ1) is 19.1. The van der Waals surface area contributed by atoms with Gasteiger partial charge in [0.1, 0.15) is 9.96 Å². The van der Waals surface area contributed by atoms with Gasteiger partial charge in [0.15, 0.2) is 0 Å². The first-order valence-corrected chi connectivity index (χ1v) is 11.5. The highest BCUT2D eigenvalue weighted by Gasteiger charge is 2.26. The second-order valence-corrected chi connectivity index (χ2v) is 9.63. The van der Waals surface area contributed by atoms with Gasteiger partial charge in [0.25, 0.3) is 5.89 Å². The fraction of sp³-hybridized carbons (Fsp3) is 0.368. The lowest BCUT2D eigenvalue weighted by Gasteiger charge is -2.20. The summed E-state index contributed by atoms with van der Waals surface area (Å²) in [7, 11) is -3.66. The Balaban J connectivity index is 1.47. The van der Waals surface area contributed by atoms with Crippen LogP contribution >= 0.6 is 11.3 Å². The molecule has 1 aromatic carbocycles. The van der Waals surface area contributed by atoms with Crippen LogP contribution in [-0.4, -0.2) is 25.2 Å². The maximum absolute atomic E-state index is 12.7. The van der Waals surface area contributed by atoms with Crippen LogP contribution in [0.25, 0.3) is 10.8 Å². The Kier molecular flexibility index (Phi) is 5.47. The predicted molar refractivity (Wildman–Crippen MR) is 106 cm³/mol. The molecule has 9 heteroatoms. The average Bonchev–Trinajstić information content (AvgIpc) is 3.30. The summed E-state index contributed by atoms with van der Waals surface area (Å²) in [6.45, 7) is 2.56. The van der Waals surface area contributed by atoms with Crippen LogP contribution in [0.2, 0.25) is 0 Å². The molecular formula is C19H21N3O4S2. The van der Waals surface area contributed by atoms with Crippen LogP contribution in [-0.2, 0) is 16.6 Å². The molecule has 4 rings (SSSR count). The van der Waals surface area contributed by atoms with Gasteiger partial charge < -0.3 is 9.15 Å². The molecule has 0 atom stereocenters. The minimum Gasteiger partial charge on any atom is -0.494 e. The van der Waals surface area contributed by atoms with E-state index in [0.717, 1.165) is 29.7 Å². The molecule has 7 nitrogen and oxygen atoms in total. The van der Waals surface area contributed by atoms with E-state index in [1.54, 1.807) is 12.1 Å². The number of ether oxygens (including phenoxy) is 1. The number of para-hydroxylation sites is 1. The van der Waals surface area contributed by atoms with Crippen LogP contribution in [0.4, 0.5) is 0 Å². The lowest BCUT2D eigenvalue weighted by molar-refractivity contribution is 0.336. The van der Waals surface area contributed by atoms with Crippen molar-refractivity contribution in [3.05, 3.63) is 47.9 Å². The number of benzene rings is 1. The average molecular weight is 420 g/mol. The van der Waals surface area contributed by atoms with E-state index in [2.05, 4.69) is 14.9 Å². The van der Waals surface area contributed by atoms with Gasteiger partial charge in [0, 0.05) is 18.0 Å². The van der Waals surface area contributed by atoms with Crippen molar-refractivity contribution in [2.75, 3.05) is 6.61 Å². The fourth-order valence-corrected chi connectivity index (χ4v) is 5.20. The Morgan fingerprint density at radius 1 is 1.21 bits per heavy atom. The second-order valence-electron chi connectivity index (χ2n) is 6.56. The maximum Gasteiger partial charge on any atom is 0.257 e. The Bertz CT molecular complexity index is 1050. The van der Waals surface area contributed by atoms with Gasteiger partial charge >= 0.3 is 0 Å². The third-order valence-electron chi connectivity index (χ3n) is 4.68. The van der Waals surface area contributed by atoms with Crippen molar-refractivity contribution in [1.29, 1.82) is 0 Å². The van der Waals surface area contributed by atoms with E-state index >= 15 is 0 Å². The zero-order valence-electron chi connectivity index (χ0n) is 15.4. The molecule has 28 heavy (non-hydrogen) atoms. The van der Waals surface area contributed by atoms with Crippen LogP contribution in [0.15, 0.2) is 45.0 Å². The van der Waals surface area contributed by atoms with E-state index in [9.17, 15) is 8.42 Å². The van der Waals surface area contributed by atoms with Gasteiger partial charge in [-0.25, -0.2) is 13.1 Å². The summed E-state index contributed by atoms with van der Waals surface area (Å²) in [5, 5.41) is 8.17. The van der Waals surface area contributed by atoms with E-state index in [1.165, 1.54) is 6.42 Å². The largest absolute Gasteiger partial charge is 0.494 e. The van der Waals surface area contributed by atoms with Crippen molar-refractivity contribution in [3.8, 4) is 16.5 Å². The smallest absolute Gasteiger partial charge is 0.257 e. The number of nitrogens with zero attached hydrogens (tertiary/aromatic N) is 2. The molecule has 0 saturated heterocycles. The van der Waals surface area contributed by atoms with Crippen molar-refractivity contribution >= 4 is 21.4 Å². The third kappa shape index (κ3) is 3.96. The number of hydrogen-bond donors (Lipinski definition) is 1. The standard InChI is InChI=1S/C19H21N3O4S2/c1-2-25-15-9-4-3-6-14(15)12-20-28(23,24)17-11-10-16(27-17)19-22-21-18(26-19)13-7-5-8-13/h3-4,6,9-11,13,20H,2,5,7-8,12H2,1H3. The molecule has 0 unspecified atom stereocenters. The van der Waals surface area contributed by atoms with Crippen LogP contribution in [0.3, 0.4) is 0 Å². The summed E-state index contributed by atoms with van der Waals surface area (Å²) in [4.78, 5) is 0.646. The van der Waals surface area contributed by atoms with Gasteiger partial charge in [-0.2, -0.15) is 0 Å². The number of rotatable bonds is 8. The predicted octanol–water partition coefficient (Wildman–Crippen LogP) is 3.94. The van der Waals surface area contributed by atoms with Crippen molar-refractivity contribution < 1.29 is 17.6 Å². The second kappa shape index (κ2) is 8.02. The fourth-order valence-electron chi connectivity index (χ4n) is 2.92. The minimum absolute atomic E-state index is 0.151. The molecule has 1 saturated carbocycles. The molecule has 2 aromatic heterocycles. The molecular weight excluding hydrogens is 398 g/mol. The highest BCUT2D eigenvalue weighted by Crippen LogP contribution is 2.37. The first-order valence-electron chi connectivity index (χ1n) is 9.21. The quantitative estimate of drug-likeness (QED) is 0.594. The van der Waals surface area contributed by atoms with Gasteiger partial charge in [-0.3, -0.25) is 0 Å². The number of aromatic nitrogens is 2. The lowest BCUT2D eigenvalue weighted by Crippen LogP contribution is -2.22. The Hall–Kier alpha value is -2.23. The summed E-state index contributed by atoms with van der Waals surface area (Å²) in [5.74, 6) is 2.03. The monoisotopic (exact) mass is 419 g/mol. The van der Waals surface area contributed by atoms with E-state index in [-0.39, 0.29) is 10.8 Å². The molecule has 0 aliphatic heterocycles. The SMILES string of the molecule is CCOc1ccccc1CNS(=O)(=O)c1ccc(-c2nnc(C3CCC3)o2)s1. The van der Waals surface area contributed by atoms with E-state index in [0.29, 0.717) is 34.9 Å². The van der Waals surface area contributed by atoms with E-state index in [1.807, 2.05) is 31.2 Å². The van der Waals surface area contributed by atoms with Gasteiger partial charge in [0.2, 0.25) is 15.9 Å². The van der Waals surface area contributed by atoms with Gasteiger partial charge in [-0.05, 0) is 38.0 Å². The summed E-state index contributed by atoms with van der Waals surface area (Å²) < 4.78 is 39.5. The molecule has 1 N–H and O–H groups in total. The van der Waals surface area contributed by atoms with Crippen LogP contribution in [0.5, 0.6) is 5.75 Å². The number of sulfonamides is 1. The normalized spacial score (nSPS) is 14.8. The Morgan fingerprint density at radius 2 is 2.04 bits per heavy atom. The van der Waals surface area contributed by atoms with Crippen LogP contribution in [0, 0.1) is 0 Å². The van der Waals surface area contributed by atoms with Crippen LogP contribution in [0.1, 0.15) is 43.6 Å². The van der Waals surface area contributed by atoms with Crippen molar-refractivity contribution in [1.82, 2.24) is 14.9 Å². The Morgan fingerprint density at radius 3 is 2.79 bits per heavy atom. The van der Waals surface area contributed by atoms with Crippen molar-refractivity contribution in [3.63, 3.8) is 0 Å². The van der Waals surface area contributed by atoms with Crippen LogP contribution < -0.4 is 9.46 Å². The molecule has 0 spiro atoms. The zero-order chi connectivity index (χ0) is 19.6. The van der Waals surface area contributed by atoms with Gasteiger partial charge in [0.05, 0.1) is 11.5 Å². The maximum atomic E-state index is 12.7.